The Balaban J connectivity index is 2.48. The van der Waals surface area contributed by atoms with Crippen molar-refractivity contribution in [3.8, 4) is 0 Å². The average Bonchev–Trinajstić information content (AvgIpc) is 2.48. The van der Waals surface area contributed by atoms with Crippen LogP contribution in [0.25, 0.3) is 0 Å². The molecule has 0 aliphatic carbocycles. The molecule has 1 fully saturated rings. The molecule has 5 heteroatoms. The standard InChI is InChI=1S/C12H24O4Si/c1-9(13)15-11-7-10(8-14-11)16-17(5,6)12(2,3)4/h10-11H,7-8H2,1-6H3/t10-,11?/m0/s1. The highest BCUT2D eigenvalue weighted by molar-refractivity contribution is 6.74. The molecule has 17 heavy (non-hydrogen) atoms. The Bertz CT molecular complexity index is 283. The molecule has 100 valence electrons. The fraction of sp³-hybridized carbons (Fsp3) is 0.917. The van der Waals surface area contributed by atoms with Gasteiger partial charge >= 0.3 is 5.97 Å². The summed E-state index contributed by atoms with van der Waals surface area (Å²) >= 11 is 0. The van der Waals surface area contributed by atoms with Gasteiger partial charge in [-0.1, -0.05) is 20.8 Å². The first-order valence-corrected chi connectivity index (χ1v) is 8.99. The molecule has 0 amide bonds. The van der Waals surface area contributed by atoms with Crippen LogP contribution in [0.2, 0.25) is 18.1 Å². The molecular formula is C12H24O4Si. The van der Waals surface area contributed by atoms with Crippen molar-refractivity contribution in [3.63, 3.8) is 0 Å². The van der Waals surface area contributed by atoms with Gasteiger partial charge in [-0.25, -0.2) is 0 Å². The number of esters is 1. The lowest BCUT2D eigenvalue weighted by Gasteiger charge is -2.38. The summed E-state index contributed by atoms with van der Waals surface area (Å²) in [6.45, 7) is 13.0. The van der Waals surface area contributed by atoms with Crippen molar-refractivity contribution in [3.05, 3.63) is 0 Å². The number of carbonyl (C=O) groups excluding carboxylic acids is 1. The molecule has 1 aliphatic rings. The second kappa shape index (κ2) is 5.08. The summed E-state index contributed by atoms with van der Waals surface area (Å²) in [5.41, 5.74) is 0. The van der Waals surface area contributed by atoms with Gasteiger partial charge in [0.25, 0.3) is 0 Å². The van der Waals surface area contributed by atoms with E-state index in [9.17, 15) is 4.79 Å². The van der Waals surface area contributed by atoms with E-state index in [4.69, 9.17) is 13.9 Å². The second-order valence-corrected chi connectivity index (χ2v) is 10.9. The van der Waals surface area contributed by atoms with Crippen LogP contribution in [0.3, 0.4) is 0 Å². The van der Waals surface area contributed by atoms with Crippen LogP contribution in [-0.2, 0) is 18.7 Å². The van der Waals surface area contributed by atoms with Gasteiger partial charge in [-0.15, -0.1) is 0 Å². The summed E-state index contributed by atoms with van der Waals surface area (Å²) in [7, 11) is -1.76. The number of hydrogen-bond donors (Lipinski definition) is 0. The molecule has 1 rings (SSSR count). The van der Waals surface area contributed by atoms with E-state index in [1.165, 1.54) is 6.92 Å². The molecule has 0 N–H and O–H groups in total. The highest BCUT2D eigenvalue weighted by atomic mass is 28.4. The zero-order valence-corrected chi connectivity index (χ0v) is 12.7. The topological polar surface area (TPSA) is 44.8 Å². The van der Waals surface area contributed by atoms with Gasteiger partial charge in [0.05, 0.1) is 12.7 Å². The predicted molar refractivity (Wildman–Crippen MR) is 68.2 cm³/mol. The van der Waals surface area contributed by atoms with Crippen LogP contribution in [-0.4, -0.2) is 33.3 Å². The number of hydrogen-bond acceptors (Lipinski definition) is 4. The van der Waals surface area contributed by atoms with Gasteiger partial charge in [0, 0.05) is 13.3 Å². The number of ether oxygens (including phenoxy) is 2. The Morgan fingerprint density at radius 2 is 1.94 bits per heavy atom. The normalized spacial score (nSPS) is 26.0. The first kappa shape index (κ1) is 14.7. The van der Waals surface area contributed by atoms with Crippen molar-refractivity contribution in [1.29, 1.82) is 0 Å². The quantitative estimate of drug-likeness (QED) is 0.578. The highest BCUT2D eigenvalue weighted by Crippen LogP contribution is 2.38. The summed E-state index contributed by atoms with van der Waals surface area (Å²) in [4.78, 5) is 10.8. The van der Waals surface area contributed by atoms with Gasteiger partial charge < -0.3 is 13.9 Å². The Labute approximate surface area is 105 Å². The summed E-state index contributed by atoms with van der Waals surface area (Å²) in [6.07, 6.45) is 0.272. The third kappa shape index (κ3) is 4.08. The Morgan fingerprint density at radius 3 is 2.41 bits per heavy atom. The molecule has 1 unspecified atom stereocenters. The van der Waals surface area contributed by atoms with Crippen LogP contribution in [0.4, 0.5) is 0 Å². The Hall–Kier alpha value is -0.393. The molecule has 1 aliphatic heterocycles. The third-order valence-electron chi connectivity index (χ3n) is 3.49. The van der Waals surface area contributed by atoms with Gasteiger partial charge in [0.1, 0.15) is 0 Å². The van der Waals surface area contributed by atoms with E-state index < -0.39 is 14.6 Å². The molecule has 2 atom stereocenters. The van der Waals surface area contributed by atoms with Crippen molar-refractivity contribution in [2.75, 3.05) is 6.61 Å². The second-order valence-electron chi connectivity index (χ2n) is 6.11. The van der Waals surface area contributed by atoms with Crippen LogP contribution in [0, 0.1) is 0 Å². The predicted octanol–water partition coefficient (Wildman–Crippen LogP) is 2.69. The fourth-order valence-electron chi connectivity index (χ4n) is 1.51. The summed E-state index contributed by atoms with van der Waals surface area (Å²) in [5.74, 6) is -0.303. The highest BCUT2D eigenvalue weighted by Gasteiger charge is 2.41. The van der Waals surface area contributed by atoms with E-state index in [0.29, 0.717) is 13.0 Å². The van der Waals surface area contributed by atoms with Crippen LogP contribution < -0.4 is 0 Å². The lowest BCUT2D eigenvalue weighted by molar-refractivity contribution is -0.166. The molecule has 0 aromatic rings. The summed E-state index contributed by atoms with van der Waals surface area (Å²) in [5, 5.41) is 0.187. The number of rotatable bonds is 3. The summed E-state index contributed by atoms with van der Waals surface area (Å²) < 4.78 is 16.6. The molecule has 0 spiro atoms. The molecule has 0 aromatic heterocycles. The molecule has 1 saturated heterocycles. The van der Waals surface area contributed by atoms with Crippen LogP contribution in [0.15, 0.2) is 0 Å². The van der Waals surface area contributed by atoms with Gasteiger partial charge in [-0.3, -0.25) is 4.79 Å². The van der Waals surface area contributed by atoms with Crippen LogP contribution in [0.1, 0.15) is 34.1 Å². The van der Waals surface area contributed by atoms with Crippen molar-refractivity contribution < 1.29 is 18.7 Å². The maximum Gasteiger partial charge on any atom is 0.304 e. The van der Waals surface area contributed by atoms with Gasteiger partial charge in [-0.2, -0.15) is 0 Å². The van der Waals surface area contributed by atoms with Crippen molar-refractivity contribution in [2.24, 2.45) is 0 Å². The van der Waals surface area contributed by atoms with E-state index in [-0.39, 0.29) is 17.1 Å². The van der Waals surface area contributed by atoms with Crippen molar-refractivity contribution in [2.45, 2.75) is 64.6 Å². The van der Waals surface area contributed by atoms with Crippen LogP contribution >= 0.6 is 0 Å². The van der Waals surface area contributed by atoms with Gasteiger partial charge in [0.15, 0.2) is 8.32 Å². The van der Waals surface area contributed by atoms with Gasteiger partial charge in [-0.05, 0) is 18.1 Å². The SMILES string of the molecule is CC(=O)OC1C[C@H](O[Si](C)(C)C(C)(C)C)CO1. The lowest BCUT2D eigenvalue weighted by atomic mass is 10.2. The van der Waals surface area contributed by atoms with Gasteiger partial charge in [0.2, 0.25) is 6.29 Å². The Kier molecular flexibility index (Phi) is 4.38. The van der Waals surface area contributed by atoms with E-state index in [2.05, 4.69) is 33.9 Å². The molecule has 1 heterocycles. The molecule has 0 saturated carbocycles. The first-order valence-electron chi connectivity index (χ1n) is 6.08. The van der Waals surface area contributed by atoms with E-state index in [0.717, 1.165) is 0 Å². The van der Waals surface area contributed by atoms with E-state index >= 15 is 0 Å². The minimum Gasteiger partial charge on any atom is -0.436 e. The number of carbonyl (C=O) groups is 1. The van der Waals surface area contributed by atoms with E-state index in [1.807, 2.05) is 0 Å². The lowest BCUT2D eigenvalue weighted by Crippen LogP contribution is -2.44. The maximum atomic E-state index is 10.8. The minimum absolute atomic E-state index is 0.0558. The molecular weight excluding hydrogens is 236 g/mol. The monoisotopic (exact) mass is 260 g/mol. The van der Waals surface area contributed by atoms with Crippen LogP contribution in [0.5, 0.6) is 0 Å². The largest absolute Gasteiger partial charge is 0.436 e. The van der Waals surface area contributed by atoms with E-state index in [1.54, 1.807) is 0 Å². The van der Waals surface area contributed by atoms with Crippen molar-refractivity contribution in [1.82, 2.24) is 0 Å². The average molecular weight is 260 g/mol. The first-order chi connectivity index (χ1) is 7.62. The summed E-state index contributed by atoms with van der Waals surface area (Å²) in [6, 6.07) is 0. The zero-order chi connectivity index (χ0) is 13.3. The molecule has 4 nitrogen and oxygen atoms in total. The molecule has 0 radical (unpaired) electrons. The van der Waals surface area contributed by atoms with Crippen molar-refractivity contribution >= 4 is 14.3 Å². The molecule has 0 bridgehead atoms. The zero-order valence-electron chi connectivity index (χ0n) is 11.7. The smallest absolute Gasteiger partial charge is 0.304 e. The third-order valence-corrected chi connectivity index (χ3v) is 8.02. The minimum atomic E-state index is -1.76. The Morgan fingerprint density at radius 1 is 1.35 bits per heavy atom. The molecule has 0 aromatic carbocycles. The fourth-order valence-corrected chi connectivity index (χ4v) is 2.86. The maximum absolute atomic E-state index is 10.8.